The molecule has 0 saturated heterocycles. The number of benzene rings is 2. The molecule has 3 rings (SSSR count). The van der Waals surface area contributed by atoms with Gasteiger partial charge in [-0.15, -0.1) is 0 Å². The van der Waals surface area contributed by atoms with Crippen LogP contribution in [0.25, 0.3) is 11.0 Å². The molecule has 0 radical (unpaired) electrons. The molecule has 1 atom stereocenters. The zero-order valence-electron chi connectivity index (χ0n) is 11.2. The Kier molecular flexibility index (Phi) is 3.91. The molecule has 2 aromatic carbocycles. The second kappa shape index (κ2) is 5.69. The summed E-state index contributed by atoms with van der Waals surface area (Å²) in [7, 11) is 0. The molecule has 0 saturated carbocycles. The quantitative estimate of drug-likeness (QED) is 0.592. The fourth-order valence-electron chi connectivity index (χ4n) is 2.30. The Morgan fingerprint density at radius 2 is 1.81 bits per heavy atom. The average Bonchev–Trinajstić information content (AvgIpc) is 2.77. The molecule has 1 heterocycles. The van der Waals surface area contributed by atoms with E-state index in [4.69, 9.17) is 0 Å². The maximum Gasteiger partial charge on any atom is 0.323 e. The van der Waals surface area contributed by atoms with Crippen LogP contribution in [-0.2, 0) is 0 Å². The Morgan fingerprint density at radius 3 is 2.57 bits per heavy atom. The van der Waals surface area contributed by atoms with Crippen LogP contribution < -0.4 is 11.0 Å². The number of hydrogen-bond donors (Lipinski definition) is 3. The van der Waals surface area contributed by atoms with E-state index in [9.17, 15) is 4.79 Å². The highest BCUT2D eigenvalue weighted by atomic mass is 79.9. The van der Waals surface area contributed by atoms with E-state index in [1.54, 1.807) is 0 Å². The SMILES string of the molecule is CC(Nc1ccc2[nH]c(=O)[nH]c2c1)c1ccc(Br)cc1Br. The van der Waals surface area contributed by atoms with Crippen molar-refractivity contribution in [3.05, 3.63) is 61.4 Å². The van der Waals surface area contributed by atoms with Gasteiger partial charge in [-0.25, -0.2) is 4.79 Å². The van der Waals surface area contributed by atoms with E-state index in [0.717, 1.165) is 25.7 Å². The second-order valence-corrected chi connectivity index (χ2v) is 6.64. The van der Waals surface area contributed by atoms with E-state index in [2.05, 4.69) is 60.1 Å². The van der Waals surface area contributed by atoms with Crippen molar-refractivity contribution in [3.63, 3.8) is 0 Å². The van der Waals surface area contributed by atoms with Crippen LogP contribution >= 0.6 is 31.9 Å². The number of halogens is 2. The van der Waals surface area contributed by atoms with Crippen molar-refractivity contribution in [3.8, 4) is 0 Å². The smallest absolute Gasteiger partial charge is 0.323 e. The number of rotatable bonds is 3. The van der Waals surface area contributed by atoms with Gasteiger partial charge in [-0.3, -0.25) is 0 Å². The van der Waals surface area contributed by atoms with Crippen LogP contribution in [0, 0.1) is 0 Å². The summed E-state index contributed by atoms with van der Waals surface area (Å²) in [6.45, 7) is 2.10. The molecule has 3 N–H and O–H groups in total. The monoisotopic (exact) mass is 409 g/mol. The molecule has 0 aliphatic carbocycles. The highest BCUT2D eigenvalue weighted by molar-refractivity contribution is 9.11. The van der Waals surface area contributed by atoms with Crippen molar-refractivity contribution in [2.24, 2.45) is 0 Å². The van der Waals surface area contributed by atoms with Crippen LogP contribution in [0.2, 0.25) is 0 Å². The molecule has 1 unspecified atom stereocenters. The Hall–Kier alpha value is -1.53. The maximum atomic E-state index is 11.3. The van der Waals surface area contributed by atoms with Crippen molar-refractivity contribution in [1.29, 1.82) is 0 Å². The minimum Gasteiger partial charge on any atom is -0.378 e. The number of H-pyrrole nitrogens is 2. The van der Waals surface area contributed by atoms with Gasteiger partial charge in [0, 0.05) is 20.7 Å². The van der Waals surface area contributed by atoms with Crippen LogP contribution in [0.4, 0.5) is 5.69 Å². The molecule has 0 fully saturated rings. The van der Waals surface area contributed by atoms with Gasteiger partial charge in [-0.2, -0.15) is 0 Å². The highest BCUT2D eigenvalue weighted by Gasteiger charge is 2.10. The number of anilines is 1. The first-order chi connectivity index (χ1) is 10.0. The Labute approximate surface area is 138 Å². The summed E-state index contributed by atoms with van der Waals surface area (Å²) in [5, 5.41) is 3.44. The van der Waals surface area contributed by atoms with E-state index >= 15 is 0 Å². The van der Waals surface area contributed by atoms with Gasteiger partial charge in [0.1, 0.15) is 0 Å². The first-order valence-electron chi connectivity index (χ1n) is 6.46. The minimum atomic E-state index is -0.189. The zero-order valence-corrected chi connectivity index (χ0v) is 14.4. The number of aromatic nitrogens is 2. The normalized spacial score (nSPS) is 12.5. The molecule has 4 nitrogen and oxygen atoms in total. The Balaban J connectivity index is 1.88. The van der Waals surface area contributed by atoms with Gasteiger partial charge >= 0.3 is 5.69 Å². The number of imidazole rings is 1. The van der Waals surface area contributed by atoms with Gasteiger partial charge in [0.2, 0.25) is 0 Å². The highest BCUT2D eigenvalue weighted by Crippen LogP contribution is 2.29. The summed E-state index contributed by atoms with van der Waals surface area (Å²) in [5.41, 5.74) is 3.54. The minimum absolute atomic E-state index is 0.135. The standard InChI is InChI=1S/C15H13Br2N3O/c1-8(11-4-2-9(16)6-12(11)17)18-10-3-5-13-14(7-10)20-15(21)19-13/h2-8,18H,1H3,(H2,19,20,21). The number of hydrogen-bond acceptors (Lipinski definition) is 2. The predicted octanol–water partition coefficient (Wildman–Crippen LogP) is 4.55. The lowest BCUT2D eigenvalue weighted by atomic mass is 10.1. The fraction of sp³-hybridized carbons (Fsp3) is 0.133. The van der Waals surface area contributed by atoms with E-state index < -0.39 is 0 Å². The van der Waals surface area contributed by atoms with Crippen LogP contribution in [-0.4, -0.2) is 9.97 Å². The van der Waals surface area contributed by atoms with Crippen LogP contribution in [0.1, 0.15) is 18.5 Å². The Morgan fingerprint density at radius 1 is 1.05 bits per heavy atom. The number of aromatic amines is 2. The molecule has 21 heavy (non-hydrogen) atoms. The van der Waals surface area contributed by atoms with Crippen LogP contribution in [0.3, 0.4) is 0 Å². The molecule has 0 bridgehead atoms. The summed E-state index contributed by atoms with van der Waals surface area (Å²) >= 11 is 7.04. The summed E-state index contributed by atoms with van der Waals surface area (Å²) in [4.78, 5) is 16.8. The third kappa shape index (κ3) is 3.06. The second-order valence-electron chi connectivity index (χ2n) is 4.87. The number of nitrogens with one attached hydrogen (secondary N) is 3. The van der Waals surface area contributed by atoms with Crippen molar-refractivity contribution in [2.75, 3.05) is 5.32 Å². The van der Waals surface area contributed by atoms with E-state index in [0.29, 0.717) is 0 Å². The molecule has 0 amide bonds. The Bertz CT molecular complexity index is 853. The van der Waals surface area contributed by atoms with Gasteiger partial charge in [-0.1, -0.05) is 37.9 Å². The lowest BCUT2D eigenvalue weighted by molar-refractivity contribution is 0.879. The molecule has 108 valence electrons. The maximum absolute atomic E-state index is 11.3. The molecule has 0 aliphatic rings. The molecule has 6 heteroatoms. The van der Waals surface area contributed by atoms with Gasteiger partial charge < -0.3 is 15.3 Å². The van der Waals surface area contributed by atoms with Crippen LogP contribution in [0.5, 0.6) is 0 Å². The van der Waals surface area contributed by atoms with Gasteiger partial charge in [0.25, 0.3) is 0 Å². The van der Waals surface area contributed by atoms with E-state index in [1.807, 2.05) is 30.3 Å². The summed E-state index contributed by atoms with van der Waals surface area (Å²) in [5.74, 6) is 0. The first kappa shape index (κ1) is 14.4. The van der Waals surface area contributed by atoms with Crippen molar-refractivity contribution >= 4 is 48.6 Å². The third-order valence-corrected chi connectivity index (χ3v) is 4.51. The van der Waals surface area contributed by atoms with Crippen molar-refractivity contribution in [1.82, 2.24) is 9.97 Å². The van der Waals surface area contributed by atoms with Crippen molar-refractivity contribution < 1.29 is 0 Å². The molecule has 1 aromatic heterocycles. The van der Waals surface area contributed by atoms with Crippen molar-refractivity contribution in [2.45, 2.75) is 13.0 Å². The van der Waals surface area contributed by atoms with Gasteiger partial charge in [0.15, 0.2) is 0 Å². The predicted molar refractivity (Wildman–Crippen MR) is 92.8 cm³/mol. The summed E-state index contributed by atoms with van der Waals surface area (Å²) in [6, 6.07) is 12.0. The topological polar surface area (TPSA) is 60.7 Å². The largest absolute Gasteiger partial charge is 0.378 e. The van der Waals surface area contributed by atoms with Crippen LogP contribution in [0.15, 0.2) is 50.1 Å². The lowest BCUT2D eigenvalue weighted by Gasteiger charge is -2.17. The lowest BCUT2D eigenvalue weighted by Crippen LogP contribution is -2.07. The zero-order chi connectivity index (χ0) is 15.0. The molecule has 3 aromatic rings. The summed E-state index contributed by atoms with van der Waals surface area (Å²) < 4.78 is 2.09. The van der Waals surface area contributed by atoms with Gasteiger partial charge in [0.05, 0.1) is 11.0 Å². The molecule has 0 spiro atoms. The molecular formula is C15H13Br2N3O. The van der Waals surface area contributed by atoms with E-state index in [-0.39, 0.29) is 11.7 Å². The van der Waals surface area contributed by atoms with E-state index in [1.165, 1.54) is 5.56 Å². The number of fused-ring (bicyclic) bond motifs is 1. The molecular weight excluding hydrogens is 398 g/mol. The van der Waals surface area contributed by atoms with Gasteiger partial charge in [-0.05, 0) is 42.8 Å². The molecule has 0 aliphatic heterocycles. The first-order valence-corrected chi connectivity index (χ1v) is 8.05. The summed E-state index contributed by atoms with van der Waals surface area (Å²) in [6.07, 6.45) is 0. The third-order valence-electron chi connectivity index (χ3n) is 3.33. The average molecular weight is 411 g/mol. The fourth-order valence-corrected chi connectivity index (χ4v) is 3.69.